The number of phenolic OH excluding ortho intramolecular Hbond substituents is 2. The number of hydrogen-bond acceptors (Lipinski definition) is 5. The summed E-state index contributed by atoms with van der Waals surface area (Å²) in [5.74, 6) is -0.0340. The Bertz CT molecular complexity index is 920. The van der Waals surface area contributed by atoms with E-state index < -0.39 is 0 Å². The quantitative estimate of drug-likeness (QED) is 0.353. The third-order valence-electron chi connectivity index (χ3n) is 4.73. The monoisotopic (exact) mass is 400 g/mol. The van der Waals surface area contributed by atoms with Crippen LogP contribution in [0, 0.1) is 0 Å². The van der Waals surface area contributed by atoms with E-state index in [1.165, 1.54) is 12.1 Å². The van der Waals surface area contributed by atoms with E-state index in [1.54, 1.807) is 24.3 Å². The molecule has 2 aromatic rings. The van der Waals surface area contributed by atoms with Crippen LogP contribution in [0.3, 0.4) is 0 Å². The van der Waals surface area contributed by atoms with Crippen molar-refractivity contribution in [3.63, 3.8) is 0 Å². The summed E-state index contributed by atoms with van der Waals surface area (Å²) in [5.41, 5.74) is 1.92. The molecule has 5 nitrogen and oxygen atoms in total. The third kappa shape index (κ3) is 4.09. The lowest BCUT2D eigenvalue weighted by Gasteiger charge is -2.28. The molecule has 1 fully saturated rings. The molecule has 0 unspecified atom stereocenters. The van der Waals surface area contributed by atoms with Crippen molar-refractivity contribution in [1.82, 2.24) is 10.6 Å². The summed E-state index contributed by atoms with van der Waals surface area (Å²) < 4.78 is 0. The Kier molecular flexibility index (Phi) is 5.57. The number of carbonyl (C=O) groups is 1. The summed E-state index contributed by atoms with van der Waals surface area (Å²) in [5, 5.41) is 27.3. The molecule has 0 radical (unpaired) electrons. The van der Waals surface area contributed by atoms with Gasteiger partial charge >= 0.3 is 0 Å². The molecule has 0 spiro atoms. The van der Waals surface area contributed by atoms with Gasteiger partial charge < -0.3 is 20.8 Å². The summed E-state index contributed by atoms with van der Waals surface area (Å²) in [6.07, 6.45) is 0.943. The van der Waals surface area contributed by atoms with Crippen molar-refractivity contribution in [3.05, 3.63) is 63.9 Å². The maximum atomic E-state index is 13.5. The lowest BCUT2D eigenvalue weighted by atomic mass is 9.80. The summed E-state index contributed by atoms with van der Waals surface area (Å²) in [4.78, 5) is 13.5. The minimum absolute atomic E-state index is 0.191. The van der Waals surface area contributed by atoms with Gasteiger partial charge in [-0.1, -0.05) is 32.4 Å². The number of rotatable bonds is 3. The van der Waals surface area contributed by atoms with Crippen molar-refractivity contribution in [2.45, 2.75) is 32.6 Å². The second-order valence-corrected chi connectivity index (χ2v) is 8.37. The Labute approximate surface area is 170 Å². The normalized spacial score (nSPS) is 14.2. The Morgan fingerprint density at radius 3 is 2.14 bits per heavy atom. The number of hydrogen-bond donors (Lipinski definition) is 4. The number of ketones is 1. The number of benzene rings is 2. The summed E-state index contributed by atoms with van der Waals surface area (Å²) in [7, 11) is 0. The van der Waals surface area contributed by atoms with Gasteiger partial charge in [0.05, 0.1) is 5.57 Å². The first-order valence-electron chi connectivity index (χ1n) is 9.27. The zero-order valence-electron chi connectivity index (χ0n) is 16.3. The van der Waals surface area contributed by atoms with Crippen LogP contribution in [0.25, 0.3) is 5.57 Å². The molecule has 0 aliphatic carbocycles. The molecule has 2 aromatic carbocycles. The van der Waals surface area contributed by atoms with Crippen molar-refractivity contribution in [3.8, 4) is 11.5 Å². The number of halogens is 1. The van der Waals surface area contributed by atoms with Crippen molar-refractivity contribution in [1.29, 1.82) is 0 Å². The van der Waals surface area contributed by atoms with Crippen LogP contribution >= 0.6 is 11.6 Å². The molecule has 1 aliphatic rings. The molecule has 0 bridgehead atoms. The lowest BCUT2D eigenvalue weighted by molar-refractivity contribution is 0.105. The van der Waals surface area contributed by atoms with Gasteiger partial charge in [0, 0.05) is 23.7 Å². The third-order valence-corrected chi connectivity index (χ3v) is 4.98. The second kappa shape index (κ2) is 7.76. The first kappa shape index (κ1) is 20.1. The van der Waals surface area contributed by atoms with E-state index in [2.05, 4.69) is 10.6 Å². The highest BCUT2D eigenvalue weighted by Crippen LogP contribution is 2.39. The van der Waals surface area contributed by atoms with Gasteiger partial charge in [-0.05, 0) is 59.4 Å². The van der Waals surface area contributed by atoms with Crippen LogP contribution in [-0.2, 0) is 5.41 Å². The zero-order chi connectivity index (χ0) is 20.5. The van der Waals surface area contributed by atoms with Gasteiger partial charge in [-0.25, -0.2) is 0 Å². The van der Waals surface area contributed by atoms with Crippen LogP contribution in [0.15, 0.2) is 42.2 Å². The highest BCUT2D eigenvalue weighted by molar-refractivity contribution is 6.32. The maximum Gasteiger partial charge on any atom is 0.197 e. The fourth-order valence-electron chi connectivity index (χ4n) is 3.27. The summed E-state index contributed by atoms with van der Waals surface area (Å²) in [6.45, 7) is 7.49. The molecule has 0 amide bonds. The van der Waals surface area contributed by atoms with E-state index in [-0.39, 0.29) is 22.7 Å². The van der Waals surface area contributed by atoms with Crippen LogP contribution in [0.1, 0.15) is 48.7 Å². The van der Waals surface area contributed by atoms with Gasteiger partial charge in [-0.3, -0.25) is 4.79 Å². The fraction of sp³-hybridized carbons (Fsp3) is 0.318. The largest absolute Gasteiger partial charge is 0.504 e. The van der Waals surface area contributed by atoms with Crippen molar-refractivity contribution >= 4 is 23.0 Å². The number of phenols is 2. The minimum atomic E-state index is -0.360. The van der Waals surface area contributed by atoms with E-state index in [0.29, 0.717) is 27.5 Å². The average molecular weight is 401 g/mol. The second-order valence-electron chi connectivity index (χ2n) is 7.93. The van der Waals surface area contributed by atoms with Gasteiger partial charge in [-0.15, -0.1) is 0 Å². The van der Waals surface area contributed by atoms with Gasteiger partial charge in [0.25, 0.3) is 0 Å². The molecular weight excluding hydrogens is 376 g/mol. The smallest absolute Gasteiger partial charge is 0.197 e. The predicted octanol–water partition coefficient (Wildman–Crippen LogP) is 4.18. The molecule has 1 aliphatic heterocycles. The van der Waals surface area contributed by atoms with Gasteiger partial charge in [-0.2, -0.15) is 0 Å². The average Bonchev–Trinajstić information content (AvgIpc) is 2.65. The number of aromatic hydroxyl groups is 2. The Hall–Kier alpha value is -2.66. The molecule has 1 saturated heterocycles. The standard InChI is InChI=1S/C22H25ClN2O3/c1-22(2,3)16-12-18(27)17(26)11-15(16)19(21-24-9-4-10-25-21)20(28)13-5-7-14(23)8-6-13/h5-8,11-12,24-27H,4,9-10H2,1-3H3. The summed E-state index contributed by atoms with van der Waals surface area (Å²) >= 11 is 5.98. The van der Waals surface area contributed by atoms with Crippen molar-refractivity contribution < 1.29 is 15.0 Å². The van der Waals surface area contributed by atoms with E-state index in [9.17, 15) is 15.0 Å². The Morgan fingerprint density at radius 2 is 1.57 bits per heavy atom. The molecule has 1 heterocycles. The van der Waals surface area contributed by atoms with Crippen LogP contribution in [0.4, 0.5) is 0 Å². The molecule has 4 N–H and O–H groups in total. The van der Waals surface area contributed by atoms with E-state index >= 15 is 0 Å². The Morgan fingerprint density at radius 1 is 1.00 bits per heavy atom. The molecule has 0 atom stereocenters. The highest BCUT2D eigenvalue weighted by atomic mass is 35.5. The number of nitrogens with one attached hydrogen (secondary N) is 2. The van der Waals surface area contributed by atoms with Gasteiger partial charge in [0.1, 0.15) is 5.82 Å². The lowest BCUT2D eigenvalue weighted by Crippen LogP contribution is -2.37. The molecular formula is C22H25ClN2O3. The van der Waals surface area contributed by atoms with Crippen LogP contribution in [0.2, 0.25) is 5.02 Å². The molecule has 148 valence electrons. The number of allylic oxidation sites excluding steroid dienone is 1. The highest BCUT2D eigenvalue weighted by Gasteiger charge is 2.28. The van der Waals surface area contributed by atoms with E-state index in [4.69, 9.17) is 11.6 Å². The Balaban J connectivity index is 2.25. The van der Waals surface area contributed by atoms with Crippen molar-refractivity contribution in [2.75, 3.05) is 13.1 Å². The van der Waals surface area contributed by atoms with Gasteiger partial charge in [0.15, 0.2) is 17.3 Å². The first-order chi connectivity index (χ1) is 13.2. The zero-order valence-corrected chi connectivity index (χ0v) is 17.0. The molecule has 28 heavy (non-hydrogen) atoms. The molecule has 3 rings (SSSR count). The summed E-state index contributed by atoms with van der Waals surface area (Å²) in [6, 6.07) is 9.72. The first-order valence-corrected chi connectivity index (χ1v) is 9.65. The topological polar surface area (TPSA) is 81.6 Å². The van der Waals surface area contributed by atoms with Gasteiger partial charge in [0.2, 0.25) is 0 Å². The molecule has 0 aromatic heterocycles. The minimum Gasteiger partial charge on any atom is -0.504 e. The van der Waals surface area contributed by atoms with Crippen LogP contribution in [0.5, 0.6) is 11.5 Å². The molecule has 0 saturated carbocycles. The van der Waals surface area contributed by atoms with E-state index in [0.717, 1.165) is 25.1 Å². The predicted molar refractivity (Wildman–Crippen MR) is 112 cm³/mol. The van der Waals surface area contributed by atoms with E-state index in [1.807, 2.05) is 20.8 Å². The number of Topliss-reactive ketones (excluding diaryl/α,β-unsaturated/α-hetero) is 1. The van der Waals surface area contributed by atoms with Crippen molar-refractivity contribution in [2.24, 2.45) is 0 Å². The SMILES string of the molecule is CC(C)(C)c1cc(O)c(O)cc1C(C(=O)c1ccc(Cl)cc1)=C1NCCCN1. The fourth-order valence-corrected chi connectivity index (χ4v) is 3.40. The maximum absolute atomic E-state index is 13.5. The van der Waals surface area contributed by atoms with Crippen LogP contribution in [-0.4, -0.2) is 29.1 Å². The number of carbonyl (C=O) groups excluding carboxylic acids is 1. The molecule has 6 heteroatoms. The van der Waals surface area contributed by atoms with Crippen LogP contribution < -0.4 is 10.6 Å².